The van der Waals surface area contributed by atoms with Crippen LogP contribution in [0.4, 0.5) is 13.2 Å². The van der Waals surface area contributed by atoms with Gasteiger partial charge < -0.3 is 9.47 Å². The highest BCUT2D eigenvalue weighted by Crippen LogP contribution is 2.46. The van der Waals surface area contributed by atoms with Gasteiger partial charge in [0, 0.05) is 5.02 Å². The molecule has 0 amide bonds. The van der Waals surface area contributed by atoms with E-state index >= 15 is 0 Å². The van der Waals surface area contributed by atoms with Crippen LogP contribution in [0.5, 0.6) is 11.5 Å². The summed E-state index contributed by atoms with van der Waals surface area (Å²) in [6.07, 6.45) is -4.47. The lowest BCUT2D eigenvalue weighted by molar-refractivity contribution is -0.138. The van der Waals surface area contributed by atoms with E-state index in [1.807, 2.05) is 0 Å². The first kappa shape index (κ1) is 15.2. The second kappa shape index (κ2) is 5.18. The van der Waals surface area contributed by atoms with Gasteiger partial charge >= 0.3 is 6.18 Å². The summed E-state index contributed by atoms with van der Waals surface area (Å²) in [5, 5.41) is 0.525. The molecule has 1 unspecified atom stereocenters. The van der Waals surface area contributed by atoms with Gasteiger partial charge in [0.2, 0.25) is 0 Å². The summed E-state index contributed by atoms with van der Waals surface area (Å²) >= 11 is 5.76. The maximum Gasteiger partial charge on any atom is 0.416 e. The van der Waals surface area contributed by atoms with Crippen LogP contribution in [0.25, 0.3) is 0 Å². The monoisotopic (exact) mass is 328 g/mol. The number of hydrogen-bond acceptors (Lipinski definition) is 2. The molecule has 1 atom stereocenters. The molecule has 116 valence electrons. The molecule has 2 aromatic carbocycles. The molecule has 22 heavy (non-hydrogen) atoms. The second-order valence-electron chi connectivity index (χ2n) is 5.28. The molecule has 2 nitrogen and oxygen atoms in total. The van der Waals surface area contributed by atoms with Crippen molar-refractivity contribution in [1.29, 1.82) is 0 Å². The average Bonchev–Trinajstić information content (AvgIpc) is 3.19. The van der Waals surface area contributed by atoms with Crippen molar-refractivity contribution in [2.75, 3.05) is 6.61 Å². The maximum absolute atomic E-state index is 13.2. The second-order valence-corrected chi connectivity index (χ2v) is 5.72. The van der Waals surface area contributed by atoms with Gasteiger partial charge in [0.15, 0.2) is 0 Å². The standard InChI is InChI=1S/C16H12ClF3O2/c1-15(9-21-15)13-7-6-12(8-14(13)16(18,19)20)22-11-4-2-10(17)3-5-11/h2-8H,9H2,1H3. The number of rotatable bonds is 3. The SMILES string of the molecule is CC1(c2ccc(Oc3ccc(Cl)cc3)cc2C(F)(F)F)CO1. The van der Waals surface area contributed by atoms with Gasteiger partial charge in [-0.05, 0) is 48.9 Å². The van der Waals surface area contributed by atoms with Crippen LogP contribution in [0.15, 0.2) is 42.5 Å². The van der Waals surface area contributed by atoms with E-state index in [9.17, 15) is 13.2 Å². The van der Waals surface area contributed by atoms with E-state index in [0.29, 0.717) is 10.8 Å². The third-order valence-corrected chi connectivity index (χ3v) is 3.74. The first-order valence-electron chi connectivity index (χ1n) is 6.57. The summed E-state index contributed by atoms with van der Waals surface area (Å²) in [6.45, 7) is 1.92. The van der Waals surface area contributed by atoms with Crippen LogP contribution in [-0.4, -0.2) is 6.61 Å². The summed E-state index contributed by atoms with van der Waals surface area (Å²) < 4.78 is 50.3. The molecule has 0 radical (unpaired) electrons. The number of halogens is 4. The number of benzene rings is 2. The molecule has 1 heterocycles. The molecule has 0 saturated carbocycles. The molecule has 1 fully saturated rings. The van der Waals surface area contributed by atoms with E-state index < -0.39 is 17.3 Å². The predicted molar refractivity (Wildman–Crippen MR) is 76.3 cm³/mol. The first-order valence-corrected chi connectivity index (χ1v) is 6.95. The Morgan fingerprint density at radius 1 is 1.09 bits per heavy atom. The minimum Gasteiger partial charge on any atom is -0.457 e. The van der Waals surface area contributed by atoms with Crippen molar-refractivity contribution in [2.24, 2.45) is 0 Å². The molecule has 0 N–H and O–H groups in total. The Hall–Kier alpha value is -1.72. The summed E-state index contributed by atoms with van der Waals surface area (Å²) in [7, 11) is 0. The molecular formula is C16H12ClF3O2. The Balaban J connectivity index is 1.95. The van der Waals surface area contributed by atoms with E-state index in [1.165, 1.54) is 12.1 Å². The van der Waals surface area contributed by atoms with Gasteiger partial charge in [0.05, 0.1) is 12.2 Å². The Bertz CT molecular complexity index is 692. The lowest BCUT2D eigenvalue weighted by Crippen LogP contribution is -2.15. The molecule has 2 aromatic rings. The van der Waals surface area contributed by atoms with Crippen molar-refractivity contribution in [3.05, 3.63) is 58.6 Å². The van der Waals surface area contributed by atoms with Gasteiger partial charge in [-0.3, -0.25) is 0 Å². The van der Waals surface area contributed by atoms with E-state index in [0.717, 1.165) is 6.07 Å². The van der Waals surface area contributed by atoms with Crippen molar-refractivity contribution in [3.63, 3.8) is 0 Å². The van der Waals surface area contributed by atoms with Crippen LogP contribution in [0.2, 0.25) is 5.02 Å². The topological polar surface area (TPSA) is 21.8 Å². The Labute approximate surface area is 130 Å². The van der Waals surface area contributed by atoms with Crippen molar-refractivity contribution in [3.8, 4) is 11.5 Å². The van der Waals surface area contributed by atoms with Gasteiger partial charge in [0.1, 0.15) is 17.1 Å². The lowest BCUT2D eigenvalue weighted by atomic mass is 9.95. The normalized spacial score (nSPS) is 20.8. The van der Waals surface area contributed by atoms with Gasteiger partial charge in [-0.15, -0.1) is 0 Å². The zero-order valence-corrected chi connectivity index (χ0v) is 12.3. The van der Waals surface area contributed by atoms with Crippen LogP contribution in [0.1, 0.15) is 18.1 Å². The Kier molecular flexibility index (Phi) is 3.57. The molecule has 1 aliphatic heterocycles. The van der Waals surface area contributed by atoms with Gasteiger partial charge in [0.25, 0.3) is 0 Å². The van der Waals surface area contributed by atoms with Crippen LogP contribution >= 0.6 is 11.6 Å². The quantitative estimate of drug-likeness (QED) is 0.704. The van der Waals surface area contributed by atoms with Crippen molar-refractivity contribution in [1.82, 2.24) is 0 Å². The molecule has 6 heteroatoms. The van der Waals surface area contributed by atoms with Crippen molar-refractivity contribution < 1.29 is 22.6 Å². The largest absolute Gasteiger partial charge is 0.457 e. The molecule has 0 bridgehead atoms. The van der Waals surface area contributed by atoms with Gasteiger partial charge in [-0.2, -0.15) is 13.2 Å². The average molecular weight is 329 g/mol. The third-order valence-electron chi connectivity index (χ3n) is 3.49. The van der Waals surface area contributed by atoms with Gasteiger partial charge in [-0.25, -0.2) is 0 Å². The fraction of sp³-hybridized carbons (Fsp3) is 0.250. The molecule has 0 spiro atoms. The van der Waals surface area contributed by atoms with E-state index in [-0.39, 0.29) is 17.9 Å². The van der Waals surface area contributed by atoms with E-state index in [1.54, 1.807) is 31.2 Å². The highest BCUT2D eigenvalue weighted by molar-refractivity contribution is 6.30. The highest BCUT2D eigenvalue weighted by Gasteiger charge is 2.47. The molecule has 0 aromatic heterocycles. The first-order chi connectivity index (χ1) is 10.3. The minimum atomic E-state index is -4.47. The van der Waals surface area contributed by atoms with Gasteiger partial charge in [-0.1, -0.05) is 17.7 Å². The maximum atomic E-state index is 13.2. The Morgan fingerprint density at radius 3 is 2.23 bits per heavy atom. The van der Waals surface area contributed by atoms with Crippen LogP contribution in [0.3, 0.4) is 0 Å². The summed E-state index contributed by atoms with van der Waals surface area (Å²) in [5.41, 5.74) is -1.47. The van der Waals surface area contributed by atoms with Crippen molar-refractivity contribution in [2.45, 2.75) is 18.7 Å². The number of ether oxygens (including phenoxy) is 2. The minimum absolute atomic E-state index is 0.114. The van der Waals surface area contributed by atoms with Crippen LogP contribution in [-0.2, 0) is 16.5 Å². The van der Waals surface area contributed by atoms with E-state index in [2.05, 4.69) is 0 Å². The zero-order chi connectivity index (χ0) is 16.0. The highest BCUT2D eigenvalue weighted by atomic mass is 35.5. The molecule has 1 aliphatic rings. The third kappa shape index (κ3) is 3.05. The summed E-state index contributed by atoms with van der Waals surface area (Å²) in [5.74, 6) is 0.529. The smallest absolute Gasteiger partial charge is 0.416 e. The zero-order valence-electron chi connectivity index (χ0n) is 11.6. The summed E-state index contributed by atoms with van der Waals surface area (Å²) in [4.78, 5) is 0. The molecule has 0 aliphatic carbocycles. The number of alkyl halides is 3. The fourth-order valence-electron chi connectivity index (χ4n) is 2.19. The van der Waals surface area contributed by atoms with Crippen LogP contribution in [0, 0.1) is 0 Å². The predicted octanol–water partition coefficient (Wildman–Crippen LogP) is 5.40. The lowest BCUT2D eigenvalue weighted by Gasteiger charge is -2.17. The molecule has 1 saturated heterocycles. The Morgan fingerprint density at radius 2 is 1.68 bits per heavy atom. The van der Waals surface area contributed by atoms with Crippen molar-refractivity contribution >= 4 is 11.6 Å². The molecular weight excluding hydrogens is 317 g/mol. The fourth-order valence-corrected chi connectivity index (χ4v) is 2.31. The van der Waals surface area contributed by atoms with E-state index in [4.69, 9.17) is 21.1 Å². The summed E-state index contributed by atoms with van der Waals surface area (Å²) in [6, 6.07) is 10.3. The number of hydrogen-bond donors (Lipinski definition) is 0. The van der Waals surface area contributed by atoms with Crippen LogP contribution < -0.4 is 4.74 Å². The molecule has 3 rings (SSSR count). The number of epoxide rings is 1.